The summed E-state index contributed by atoms with van der Waals surface area (Å²) in [6, 6.07) is 8.99. The number of likely N-dealkylation sites (N-methyl/N-ethyl adjacent to an activating group) is 1. The number of nitrogens with zero attached hydrogens (tertiary/aromatic N) is 2. The standard InChI is InChI=1S/C15H19N3O/c1-10-6-7-18(17-10)14-8-11-4-5-12(19-3)9-13(11)15(14)16-2/h4-7,9,14-16H,8H2,1-3H3. The third kappa shape index (κ3) is 2.02. The van der Waals surface area contributed by atoms with Crippen LogP contribution < -0.4 is 10.1 Å². The lowest BCUT2D eigenvalue weighted by Crippen LogP contribution is -2.24. The van der Waals surface area contributed by atoms with Crippen molar-refractivity contribution in [2.75, 3.05) is 14.2 Å². The molecule has 0 fully saturated rings. The highest BCUT2D eigenvalue weighted by Crippen LogP contribution is 2.40. The summed E-state index contributed by atoms with van der Waals surface area (Å²) in [5.74, 6) is 0.913. The zero-order valence-electron chi connectivity index (χ0n) is 11.6. The summed E-state index contributed by atoms with van der Waals surface area (Å²) in [5, 5.41) is 7.97. The van der Waals surface area contributed by atoms with Crippen LogP contribution in [-0.4, -0.2) is 23.9 Å². The molecule has 1 aromatic heterocycles. The Morgan fingerprint density at radius 3 is 2.84 bits per heavy atom. The van der Waals surface area contributed by atoms with Gasteiger partial charge in [-0.15, -0.1) is 0 Å². The summed E-state index contributed by atoms with van der Waals surface area (Å²) in [5.41, 5.74) is 3.75. The molecule has 0 amide bonds. The second kappa shape index (κ2) is 4.70. The Morgan fingerprint density at radius 2 is 2.21 bits per heavy atom. The molecular weight excluding hydrogens is 238 g/mol. The van der Waals surface area contributed by atoms with Crippen LogP contribution in [0.2, 0.25) is 0 Å². The summed E-state index contributed by atoms with van der Waals surface area (Å²) in [4.78, 5) is 0. The first-order valence-corrected chi connectivity index (χ1v) is 6.58. The fourth-order valence-electron chi connectivity index (χ4n) is 2.94. The molecule has 100 valence electrons. The molecule has 0 radical (unpaired) electrons. The van der Waals surface area contributed by atoms with E-state index < -0.39 is 0 Å². The van der Waals surface area contributed by atoms with Crippen molar-refractivity contribution >= 4 is 0 Å². The topological polar surface area (TPSA) is 39.1 Å². The van der Waals surface area contributed by atoms with Crippen molar-refractivity contribution in [3.63, 3.8) is 0 Å². The van der Waals surface area contributed by atoms with E-state index in [4.69, 9.17) is 4.74 Å². The Balaban J connectivity index is 1.99. The summed E-state index contributed by atoms with van der Waals surface area (Å²) in [7, 11) is 3.71. The summed E-state index contributed by atoms with van der Waals surface area (Å²) in [6.07, 6.45) is 3.07. The summed E-state index contributed by atoms with van der Waals surface area (Å²) >= 11 is 0. The van der Waals surface area contributed by atoms with Crippen LogP contribution in [0, 0.1) is 6.92 Å². The maximum atomic E-state index is 5.33. The Morgan fingerprint density at radius 1 is 1.37 bits per heavy atom. The molecule has 0 spiro atoms. The normalized spacial score (nSPS) is 21.4. The largest absolute Gasteiger partial charge is 0.497 e. The number of hydrogen-bond acceptors (Lipinski definition) is 3. The maximum Gasteiger partial charge on any atom is 0.119 e. The van der Waals surface area contributed by atoms with Crippen LogP contribution in [0.5, 0.6) is 5.75 Å². The molecule has 2 unspecified atom stereocenters. The molecule has 1 N–H and O–H groups in total. The highest BCUT2D eigenvalue weighted by molar-refractivity contribution is 5.42. The van der Waals surface area contributed by atoms with Gasteiger partial charge in [-0.05, 0) is 49.7 Å². The number of nitrogens with one attached hydrogen (secondary N) is 1. The second-order valence-corrected chi connectivity index (χ2v) is 5.04. The number of rotatable bonds is 3. The van der Waals surface area contributed by atoms with E-state index in [1.54, 1.807) is 7.11 Å². The molecule has 2 atom stereocenters. The van der Waals surface area contributed by atoms with Crippen molar-refractivity contribution < 1.29 is 4.74 Å². The van der Waals surface area contributed by atoms with Gasteiger partial charge in [-0.25, -0.2) is 0 Å². The molecule has 0 aliphatic heterocycles. The predicted molar refractivity (Wildman–Crippen MR) is 74.5 cm³/mol. The number of aromatic nitrogens is 2. The van der Waals surface area contributed by atoms with Gasteiger partial charge in [-0.2, -0.15) is 5.10 Å². The number of fused-ring (bicyclic) bond motifs is 1. The third-order valence-electron chi connectivity index (χ3n) is 3.89. The average molecular weight is 257 g/mol. The number of hydrogen-bond donors (Lipinski definition) is 1. The predicted octanol–water partition coefficient (Wildman–Crippen LogP) is 2.26. The van der Waals surface area contributed by atoms with E-state index in [0.29, 0.717) is 6.04 Å². The molecule has 1 heterocycles. The SMILES string of the molecule is CNC1c2cc(OC)ccc2CC1n1ccc(C)n1. The molecule has 19 heavy (non-hydrogen) atoms. The molecule has 1 aliphatic rings. The quantitative estimate of drug-likeness (QED) is 0.916. The van der Waals surface area contributed by atoms with Gasteiger partial charge in [0.1, 0.15) is 5.75 Å². The number of aryl methyl sites for hydroxylation is 1. The molecule has 2 aromatic rings. The van der Waals surface area contributed by atoms with Crippen LogP contribution in [0.4, 0.5) is 0 Å². The number of ether oxygens (including phenoxy) is 1. The van der Waals surface area contributed by atoms with E-state index in [-0.39, 0.29) is 6.04 Å². The molecule has 4 nitrogen and oxygen atoms in total. The molecule has 4 heteroatoms. The third-order valence-corrected chi connectivity index (χ3v) is 3.89. The fourth-order valence-corrected chi connectivity index (χ4v) is 2.94. The Hall–Kier alpha value is -1.81. The van der Waals surface area contributed by atoms with Gasteiger partial charge < -0.3 is 10.1 Å². The Bertz CT molecular complexity index is 591. The van der Waals surface area contributed by atoms with Gasteiger partial charge in [0.25, 0.3) is 0 Å². The lowest BCUT2D eigenvalue weighted by molar-refractivity contribution is 0.369. The van der Waals surface area contributed by atoms with Crippen LogP contribution >= 0.6 is 0 Å². The highest BCUT2D eigenvalue weighted by atomic mass is 16.5. The van der Waals surface area contributed by atoms with Crippen molar-refractivity contribution in [3.8, 4) is 5.75 Å². The lowest BCUT2D eigenvalue weighted by Gasteiger charge is -2.20. The first-order valence-electron chi connectivity index (χ1n) is 6.58. The highest BCUT2D eigenvalue weighted by Gasteiger charge is 2.33. The second-order valence-electron chi connectivity index (χ2n) is 5.04. The van der Waals surface area contributed by atoms with Gasteiger partial charge >= 0.3 is 0 Å². The van der Waals surface area contributed by atoms with Gasteiger partial charge in [0.15, 0.2) is 0 Å². The lowest BCUT2D eigenvalue weighted by atomic mass is 10.1. The van der Waals surface area contributed by atoms with Crippen LogP contribution in [0.1, 0.15) is 28.9 Å². The van der Waals surface area contributed by atoms with E-state index in [0.717, 1.165) is 17.9 Å². The Labute approximate surface area is 113 Å². The van der Waals surface area contributed by atoms with E-state index in [1.165, 1.54) is 11.1 Å². The molecule has 3 rings (SSSR count). The van der Waals surface area contributed by atoms with Crippen LogP contribution in [0.3, 0.4) is 0 Å². The minimum Gasteiger partial charge on any atom is -0.497 e. The van der Waals surface area contributed by atoms with E-state index in [2.05, 4.69) is 39.5 Å². The van der Waals surface area contributed by atoms with Crippen molar-refractivity contribution in [3.05, 3.63) is 47.3 Å². The van der Waals surface area contributed by atoms with Gasteiger partial charge in [0.2, 0.25) is 0 Å². The summed E-state index contributed by atoms with van der Waals surface area (Å²) < 4.78 is 7.40. The zero-order valence-corrected chi connectivity index (χ0v) is 11.6. The van der Waals surface area contributed by atoms with E-state index in [9.17, 15) is 0 Å². The van der Waals surface area contributed by atoms with Crippen molar-refractivity contribution in [2.45, 2.75) is 25.4 Å². The summed E-state index contributed by atoms with van der Waals surface area (Å²) in [6.45, 7) is 2.02. The molecule has 0 bridgehead atoms. The first kappa shape index (κ1) is 12.2. The Kier molecular flexibility index (Phi) is 3.03. The molecular formula is C15H19N3O. The van der Waals surface area contributed by atoms with Crippen molar-refractivity contribution in [1.29, 1.82) is 0 Å². The van der Waals surface area contributed by atoms with Gasteiger partial charge in [0, 0.05) is 6.20 Å². The van der Waals surface area contributed by atoms with E-state index in [1.807, 2.05) is 20.0 Å². The van der Waals surface area contributed by atoms with Gasteiger partial charge in [-0.3, -0.25) is 4.68 Å². The molecule has 0 saturated carbocycles. The molecule has 1 aliphatic carbocycles. The zero-order chi connectivity index (χ0) is 13.4. The average Bonchev–Trinajstić information content (AvgIpc) is 3.00. The number of benzene rings is 1. The minimum atomic E-state index is 0.282. The van der Waals surface area contributed by atoms with Crippen LogP contribution in [0.15, 0.2) is 30.5 Å². The monoisotopic (exact) mass is 257 g/mol. The maximum absolute atomic E-state index is 5.33. The number of methoxy groups -OCH3 is 1. The van der Waals surface area contributed by atoms with Crippen LogP contribution in [-0.2, 0) is 6.42 Å². The first-order chi connectivity index (χ1) is 9.22. The van der Waals surface area contributed by atoms with Gasteiger partial charge in [-0.1, -0.05) is 6.07 Å². The van der Waals surface area contributed by atoms with Gasteiger partial charge in [0.05, 0.1) is 24.9 Å². The fraction of sp³-hybridized carbons (Fsp3) is 0.400. The molecule has 1 aromatic carbocycles. The minimum absolute atomic E-state index is 0.282. The van der Waals surface area contributed by atoms with E-state index >= 15 is 0 Å². The smallest absolute Gasteiger partial charge is 0.119 e. The van der Waals surface area contributed by atoms with Crippen molar-refractivity contribution in [1.82, 2.24) is 15.1 Å². The van der Waals surface area contributed by atoms with Crippen LogP contribution in [0.25, 0.3) is 0 Å². The molecule has 0 saturated heterocycles. The van der Waals surface area contributed by atoms with Crippen molar-refractivity contribution in [2.24, 2.45) is 0 Å².